The van der Waals surface area contributed by atoms with Crippen molar-refractivity contribution in [1.29, 1.82) is 0 Å². The molecule has 0 saturated carbocycles. The number of carbonyl (C=O) groups excluding carboxylic acids is 1. The van der Waals surface area contributed by atoms with Crippen LogP contribution >= 0.6 is 0 Å². The van der Waals surface area contributed by atoms with Gasteiger partial charge in [0.05, 0.1) is 5.92 Å². The topological polar surface area (TPSA) is 55.1 Å². The average molecular weight is 142 g/mol. The summed E-state index contributed by atoms with van der Waals surface area (Å²) in [5, 5.41) is 3.21. The van der Waals surface area contributed by atoms with Crippen LogP contribution in [0.25, 0.3) is 0 Å². The molecule has 0 aromatic carbocycles. The third kappa shape index (κ3) is 1.70. The molecule has 1 aliphatic rings. The average Bonchev–Trinajstić information content (AvgIpc) is 1.88. The lowest BCUT2D eigenvalue weighted by atomic mass is 9.95. The van der Waals surface area contributed by atoms with E-state index in [1.165, 1.54) is 0 Å². The molecule has 1 amide bonds. The summed E-state index contributed by atoms with van der Waals surface area (Å²) in [7, 11) is 0. The first-order valence-corrected chi connectivity index (χ1v) is 3.73. The standard InChI is InChI=1S/C7H14N2O/c1-5-2-3-6(4-9-5)7(8)10/h5-6,9H,2-4H2,1H3,(H2,8,10). The Morgan fingerprint density at radius 3 is 2.70 bits per heavy atom. The van der Waals surface area contributed by atoms with Gasteiger partial charge >= 0.3 is 0 Å². The molecule has 3 nitrogen and oxygen atoms in total. The zero-order chi connectivity index (χ0) is 7.56. The second-order valence-electron chi connectivity index (χ2n) is 2.99. The summed E-state index contributed by atoms with van der Waals surface area (Å²) < 4.78 is 0. The Morgan fingerprint density at radius 1 is 1.60 bits per heavy atom. The Bertz CT molecular complexity index is 128. The van der Waals surface area contributed by atoms with Crippen LogP contribution < -0.4 is 11.1 Å². The van der Waals surface area contributed by atoms with Gasteiger partial charge in [-0.25, -0.2) is 0 Å². The number of carbonyl (C=O) groups is 1. The Morgan fingerprint density at radius 2 is 2.30 bits per heavy atom. The summed E-state index contributed by atoms with van der Waals surface area (Å²) >= 11 is 0. The largest absolute Gasteiger partial charge is 0.369 e. The number of hydrogen-bond donors (Lipinski definition) is 2. The number of nitrogens with one attached hydrogen (secondary N) is 1. The minimum absolute atomic E-state index is 0.0659. The predicted molar refractivity (Wildman–Crippen MR) is 39.4 cm³/mol. The summed E-state index contributed by atoms with van der Waals surface area (Å²) in [6.45, 7) is 2.88. The second-order valence-corrected chi connectivity index (χ2v) is 2.99. The molecular formula is C7H14N2O. The van der Waals surface area contributed by atoms with Crippen LogP contribution in [0.15, 0.2) is 0 Å². The molecule has 3 N–H and O–H groups in total. The van der Waals surface area contributed by atoms with E-state index < -0.39 is 0 Å². The first kappa shape index (κ1) is 7.54. The third-order valence-electron chi connectivity index (χ3n) is 2.06. The van der Waals surface area contributed by atoms with E-state index in [9.17, 15) is 4.79 Å². The van der Waals surface area contributed by atoms with Crippen molar-refractivity contribution in [3.8, 4) is 0 Å². The van der Waals surface area contributed by atoms with Gasteiger partial charge in [-0.2, -0.15) is 0 Å². The summed E-state index contributed by atoms with van der Waals surface area (Å²) in [4.78, 5) is 10.6. The van der Waals surface area contributed by atoms with Gasteiger partial charge in [0.1, 0.15) is 0 Å². The van der Waals surface area contributed by atoms with Crippen molar-refractivity contribution in [2.24, 2.45) is 11.7 Å². The maximum atomic E-state index is 10.6. The van der Waals surface area contributed by atoms with Crippen LogP contribution in [0, 0.1) is 5.92 Å². The maximum Gasteiger partial charge on any atom is 0.221 e. The van der Waals surface area contributed by atoms with Gasteiger partial charge in [0.2, 0.25) is 5.91 Å². The zero-order valence-corrected chi connectivity index (χ0v) is 6.26. The van der Waals surface area contributed by atoms with Crippen molar-refractivity contribution in [3.63, 3.8) is 0 Å². The quantitative estimate of drug-likeness (QED) is 0.535. The number of rotatable bonds is 1. The molecule has 1 saturated heterocycles. The Kier molecular flexibility index (Phi) is 2.27. The lowest BCUT2D eigenvalue weighted by molar-refractivity contribution is -0.122. The van der Waals surface area contributed by atoms with Gasteiger partial charge in [-0.3, -0.25) is 4.79 Å². The first-order valence-electron chi connectivity index (χ1n) is 3.73. The SMILES string of the molecule is CC1CCC(C(N)=O)CN1. The van der Waals surface area contributed by atoms with E-state index in [1.54, 1.807) is 0 Å². The number of piperidine rings is 1. The van der Waals surface area contributed by atoms with Gasteiger partial charge < -0.3 is 11.1 Å². The number of hydrogen-bond acceptors (Lipinski definition) is 2. The van der Waals surface area contributed by atoms with Gasteiger partial charge in [-0.05, 0) is 19.8 Å². The van der Waals surface area contributed by atoms with Crippen LogP contribution in [0.2, 0.25) is 0 Å². The van der Waals surface area contributed by atoms with Crippen molar-refractivity contribution in [1.82, 2.24) is 5.32 Å². The number of amides is 1. The first-order chi connectivity index (χ1) is 4.70. The fourth-order valence-corrected chi connectivity index (χ4v) is 1.24. The van der Waals surface area contributed by atoms with Crippen molar-refractivity contribution in [3.05, 3.63) is 0 Å². The van der Waals surface area contributed by atoms with Gasteiger partial charge in [-0.15, -0.1) is 0 Å². The fourth-order valence-electron chi connectivity index (χ4n) is 1.24. The normalized spacial score (nSPS) is 33.7. The molecule has 0 spiro atoms. The summed E-state index contributed by atoms with van der Waals surface area (Å²) in [5.41, 5.74) is 5.13. The molecule has 1 heterocycles. The Balaban J connectivity index is 2.33. The fraction of sp³-hybridized carbons (Fsp3) is 0.857. The summed E-state index contributed by atoms with van der Waals surface area (Å²) in [5.74, 6) is -0.101. The van der Waals surface area contributed by atoms with Gasteiger partial charge in [0.15, 0.2) is 0 Å². The van der Waals surface area contributed by atoms with Gasteiger partial charge in [0.25, 0.3) is 0 Å². The highest BCUT2D eigenvalue weighted by molar-refractivity contribution is 5.76. The molecule has 0 radical (unpaired) electrons. The molecular weight excluding hydrogens is 128 g/mol. The molecule has 10 heavy (non-hydrogen) atoms. The molecule has 0 aliphatic carbocycles. The minimum Gasteiger partial charge on any atom is -0.369 e. The van der Waals surface area contributed by atoms with Crippen LogP contribution in [0.5, 0.6) is 0 Å². The van der Waals surface area contributed by atoms with E-state index in [0.29, 0.717) is 6.04 Å². The van der Waals surface area contributed by atoms with Crippen LogP contribution in [0.3, 0.4) is 0 Å². The van der Waals surface area contributed by atoms with E-state index in [0.717, 1.165) is 19.4 Å². The van der Waals surface area contributed by atoms with Crippen LogP contribution in [-0.2, 0) is 4.79 Å². The predicted octanol–water partition coefficient (Wildman–Crippen LogP) is -0.140. The van der Waals surface area contributed by atoms with Crippen LogP contribution in [-0.4, -0.2) is 18.5 Å². The third-order valence-corrected chi connectivity index (χ3v) is 2.06. The molecule has 0 aromatic heterocycles. The van der Waals surface area contributed by atoms with Crippen molar-refractivity contribution >= 4 is 5.91 Å². The monoisotopic (exact) mass is 142 g/mol. The van der Waals surface area contributed by atoms with Crippen molar-refractivity contribution in [2.45, 2.75) is 25.8 Å². The Hall–Kier alpha value is -0.570. The summed E-state index contributed by atoms with van der Waals surface area (Å²) in [6.07, 6.45) is 2.01. The minimum atomic E-state index is -0.167. The van der Waals surface area contributed by atoms with Crippen molar-refractivity contribution in [2.75, 3.05) is 6.54 Å². The van der Waals surface area contributed by atoms with E-state index in [1.807, 2.05) is 0 Å². The molecule has 1 fully saturated rings. The van der Waals surface area contributed by atoms with Crippen LogP contribution in [0.1, 0.15) is 19.8 Å². The summed E-state index contributed by atoms with van der Waals surface area (Å²) in [6, 6.07) is 0.551. The highest BCUT2D eigenvalue weighted by Crippen LogP contribution is 2.12. The Labute approximate surface area is 61.0 Å². The molecule has 0 bridgehead atoms. The molecule has 1 aliphatic heterocycles. The highest BCUT2D eigenvalue weighted by Gasteiger charge is 2.21. The molecule has 2 unspecified atom stereocenters. The lowest BCUT2D eigenvalue weighted by Gasteiger charge is -2.25. The van der Waals surface area contributed by atoms with Crippen molar-refractivity contribution < 1.29 is 4.79 Å². The van der Waals surface area contributed by atoms with Gasteiger partial charge in [-0.1, -0.05) is 0 Å². The molecule has 3 heteroatoms. The zero-order valence-electron chi connectivity index (χ0n) is 6.26. The van der Waals surface area contributed by atoms with E-state index in [4.69, 9.17) is 5.73 Å². The highest BCUT2D eigenvalue weighted by atomic mass is 16.1. The van der Waals surface area contributed by atoms with Crippen LogP contribution in [0.4, 0.5) is 0 Å². The van der Waals surface area contributed by atoms with E-state index in [-0.39, 0.29) is 11.8 Å². The molecule has 58 valence electrons. The maximum absolute atomic E-state index is 10.6. The van der Waals surface area contributed by atoms with E-state index in [2.05, 4.69) is 12.2 Å². The van der Waals surface area contributed by atoms with Gasteiger partial charge in [0, 0.05) is 12.6 Å². The number of nitrogens with two attached hydrogens (primary N) is 1. The number of primary amides is 1. The molecule has 2 atom stereocenters. The van der Waals surface area contributed by atoms with E-state index >= 15 is 0 Å². The lowest BCUT2D eigenvalue weighted by Crippen LogP contribution is -2.42. The molecule has 0 aromatic rings. The molecule has 1 rings (SSSR count). The smallest absolute Gasteiger partial charge is 0.221 e. The second kappa shape index (κ2) is 3.01.